The first kappa shape index (κ1) is 14.7. The number of aliphatic carboxylic acids is 1. The Hall–Kier alpha value is -0.710. The zero-order valence-corrected chi connectivity index (χ0v) is 12.2. The predicted octanol–water partition coefficient (Wildman–Crippen LogP) is 2.38. The number of carboxylic acids is 1. The first-order valence-electron chi connectivity index (χ1n) is 7.28. The number of nitrogens with zero attached hydrogens (tertiary/aromatic N) is 1. The molecule has 2 aliphatic rings. The van der Waals surface area contributed by atoms with E-state index in [9.17, 15) is 9.59 Å². The van der Waals surface area contributed by atoms with Gasteiger partial charge in [-0.15, -0.1) is 0 Å². The van der Waals surface area contributed by atoms with Gasteiger partial charge in [0.15, 0.2) is 0 Å². The topological polar surface area (TPSA) is 57.6 Å². The van der Waals surface area contributed by atoms with Gasteiger partial charge in [-0.1, -0.05) is 0 Å². The molecule has 0 aromatic rings. The lowest BCUT2D eigenvalue weighted by Gasteiger charge is -2.38. The summed E-state index contributed by atoms with van der Waals surface area (Å²) in [5.41, 5.74) is 0. The second-order valence-corrected chi connectivity index (χ2v) is 6.73. The Bertz CT molecular complexity index is 329. The molecule has 2 fully saturated rings. The van der Waals surface area contributed by atoms with Crippen molar-refractivity contribution in [3.8, 4) is 0 Å². The highest BCUT2D eigenvalue weighted by Gasteiger charge is 2.32. The van der Waals surface area contributed by atoms with Gasteiger partial charge in [-0.25, -0.2) is 0 Å². The third-order valence-corrected chi connectivity index (χ3v) is 5.22. The summed E-state index contributed by atoms with van der Waals surface area (Å²) >= 11 is 1.93. The van der Waals surface area contributed by atoms with Crippen LogP contribution in [0.1, 0.15) is 44.9 Å². The minimum absolute atomic E-state index is 0.159. The number of amides is 1. The van der Waals surface area contributed by atoms with Crippen LogP contribution >= 0.6 is 11.8 Å². The van der Waals surface area contributed by atoms with E-state index in [1.54, 1.807) is 0 Å². The molecule has 1 N–H and O–H groups in total. The summed E-state index contributed by atoms with van der Waals surface area (Å²) in [4.78, 5) is 25.3. The largest absolute Gasteiger partial charge is 0.481 e. The van der Waals surface area contributed by atoms with Crippen LogP contribution in [0.5, 0.6) is 0 Å². The number of carbonyl (C=O) groups excluding carboxylic acids is 1. The van der Waals surface area contributed by atoms with Crippen LogP contribution in [0.2, 0.25) is 0 Å². The van der Waals surface area contributed by atoms with Gasteiger partial charge in [0.05, 0.1) is 0 Å². The third-order valence-electron chi connectivity index (χ3n) is 4.17. The van der Waals surface area contributed by atoms with Gasteiger partial charge in [0.25, 0.3) is 0 Å². The Morgan fingerprint density at radius 1 is 1.16 bits per heavy atom. The lowest BCUT2D eigenvalue weighted by atomic mass is 9.94. The number of hydrogen-bond acceptors (Lipinski definition) is 3. The number of carbonyl (C=O) groups is 2. The zero-order valence-electron chi connectivity index (χ0n) is 11.3. The molecule has 0 spiro atoms. The van der Waals surface area contributed by atoms with Gasteiger partial charge in [0.2, 0.25) is 5.91 Å². The predicted molar refractivity (Wildman–Crippen MR) is 76.3 cm³/mol. The van der Waals surface area contributed by atoms with E-state index in [0.29, 0.717) is 6.42 Å². The fourth-order valence-corrected chi connectivity index (χ4v) is 4.17. The molecule has 4 nitrogen and oxygen atoms in total. The number of thioether (sulfide) groups is 1. The molecule has 108 valence electrons. The summed E-state index contributed by atoms with van der Waals surface area (Å²) in [6, 6.07) is 0.159. The first-order valence-corrected chi connectivity index (χ1v) is 8.44. The van der Waals surface area contributed by atoms with E-state index < -0.39 is 5.97 Å². The maximum absolute atomic E-state index is 12.6. The minimum atomic E-state index is -0.757. The number of rotatable bonds is 4. The molecule has 0 radical (unpaired) electrons. The Morgan fingerprint density at radius 3 is 2.58 bits per heavy atom. The van der Waals surface area contributed by atoms with Crippen LogP contribution in [0.25, 0.3) is 0 Å². The van der Waals surface area contributed by atoms with E-state index in [1.807, 2.05) is 16.7 Å². The Balaban J connectivity index is 1.93. The minimum Gasteiger partial charge on any atom is -0.481 e. The summed E-state index contributed by atoms with van der Waals surface area (Å²) in [5, 5.41) is 8.81. The molecular weight excluding hydrogens is 262 g/mol. The van der Waals surface area contributed by atoms with Crippen LogP contribution in [0.4, 0.5) is 0 Å². The molecule has 0 aromatic heterocycles. The molecule has 5 heteroatoms. The van der Waals surface area contributed by atoms with Crippen molar-refractivity contribution >= 4 is 23.6 Å². The second-order valence-electron chi connectivity index (χ2n) is 5.50. The molecule has 2 heterocycles. The maximum Gasteiger partial charge on any atom is 0.303 e. The molecule has 1 amide bonds. The zero-order chi connectivity index (χ0) is 13.7. The molecule has 0 aliphatic carbocycles. The van der Waals surface area contributed by atoms with Crippen molar-refractivity contribution in [1.82, 2.24) is 4.90 Å². The molecule has 1 unspecified atom stereocenters. The van der Waals surface area contributed by atoms with Crippen molar-refractivity contribution in [1.29, 1.82) is 0 Å². The van der Waals surface area contributed by atoms with Crippen molar-refractivity contribution in [3.05, 3.63) is 0 Å². The molecule has 2 saturated heterocycles. The smallest absolute Gasteiger partial charge is 0.303 e. The first-order chi connectivity index (χ1) is 9.18. The molecule has 0 bridgehead atoms. The monoisotopic (exact) mass is 285 g/mol. The van der Waals surface area contributed by atoms with Crippen LogP contribution in [0, 0.1) is 5.92 Å². The normalized spacial score (nSPS) is 25.3. The van der Waals surface area contributed by atoms with Gasteiger partial charge in [-0.05, 0) is 50.0 Å². The molecular formula is C14H23NO3S. The molecule has 0 aromatic carbocycles. The quantitative estimate of drug-likeness (QED) is 0.861. The summed E-state index contributed by atoms with van der Waals surface area (Å²) in [6.07, 6.45) is 5.93. The Kier molecular flexibility index (Phi) is 5.55. The molecule has 2 aliphatic heterocycles. The highest BCUT2D eigenvalue weighted by atomic mass is 32.2. The van der Waals surface area contributed by atoms with Crippen LogP contribution in [-0.4, -0.2) is 46.0 Å². The van der Waals surface area contributed by atoms with Gasteiger partial charge < -0.3 is 10.0 Å². The summed E-state index contributed by atoms with van der Waals surface area (Å²) in [6.45, 7) is 0.826. The van der Waals surface area contributed by atoms with E-state index in [0.717, 1.165) is 50.2 Å². The Labute approximate surface area is 118 Å². The van der Waals surface area contributed by atoms with Gasteiger partial charge in [-0.3, -0.25) is 9.59 Å². The standard InChI is InChI=1S/C14H23NO3S/c16-13(17)5-4-12-3-1-2-8-15(12)14(18)11-6-9-19-10-7-11/h11-12H,1-10H2,(H,16,17). The molecule has 1 atom stereocenters. The van der Waals surface area contributed by atoms with Crippen LogP contribution in [0.3, 0.4) is 0 Å². The van der Waals surface area contributed by atoms with Crippen LogP contribution in [-0.2, 0) is 9.59 Å². The fourth-order valence-electron chi connectivity index (χ4n) is 3.06. The second kappa shape index (κ2) is 7.17. The van der Waals surface area contributed by atoms with E-state index in [2.05, 4.69) is 0 Å². The van der Waals surface area contributed by atoms with Crippen molar-refractivity contribution < 1.29 is 14.7 Å². The van der Waals surface area contributed by atoms with Gasteiger partial charge in [0.1, 0.15) is 0 Å². The van der Waals surface area contributed by atoms with Crippen molar-refractivity contribution in [2.45, 2.75) is 51.0 Å². The summed E-state index contributed by atoms with van der Waals surface area (Å²) in [7, 11) is 0. The van der Waals surface area contributed by atoms with Crippen molar-refractivity contribution in [3.63, 3.8) is 0 Å². The summed E-state index contributed by atoms with van der Waals surface area (Å²) < 4.78 is 0. The molecule has 2 rings (SSSR count). The number of hydrogen-bond donors (Lipinski definition) is 1. The highest BCUT2D eigenvalue weighted by Crippen LogP contribution is 2.28. The SMILES string of the molecule is O=C(O)CCC1CCCCN1C(=O)C1CCSCC1. The van der Waals surface area contributed by atoms with Gasteiger partial charge in [-0.2, -0.15) is 11.8 Å². The van der Waals surface area contributed by atoms with Crippen LogP contribution in [0.15, 0.2) is 0 Å². The van der Waals surface area contributed by atoms with E-state index in [-0.39, 0.29) is 24.3 Å². The average Bonchev–Trinajstić information content (AvgIpc) is 2.45. The summed E-state index contributed by atoms with van der Waals surface area (Å²) in [5.74, 6) is 1.89. The number of likely N-dealkylation sites (tertiary alicyclic amines) is 1. The highest BCUT2D eigenvalue weighted by molar-refractivity contribution is 7.99. The maximum atomic E-state index is 12.6. The van der Waals surface area contributed by atoms with E-state index >= 15 is 0 Å². The number of piperidine rings is 1. The van der Waals surface area contributed by atoms with Crippen molar-refractivity contribution in [2.75, 3.05) is 18.1 Å². The lowest BCUT2D eigenvalue weighted by Crippen LogP contribution is -2.47. The lowest BCUT2D eigenvalue weighted by molar-refractivity contribution is -0.142. The van der Waals surface area contributed by atoms with E-state index in [1.165, 1.54) is 0 Å². The van der Waals surface area contributed by atoms with Crippen LogP contribution < -0.4 is 0 Å². The van der Waals surface area contributed by atoms with Crippen molar-refractivity contribution in [2.24, 2.45) is 5.92 Å². The Morgan fingerprint density at radius 2 is 1.89 bits per heavy atom. The van der Waals surface area contributed by atoms with Gasteiger partial charge >= 0.3 is 5.97 Å². The molecule has 19 heavy (non-hydrogen) atoms. The fraction of sp³-hybridized carbons (Fsp3) is 0.857. The number of carboxylic acid groups (broad SMARTS) is 1. The molecule has 0 saturated carbocycles. The average molecular weight is 285 g/mol. The van der Waals surface area contributed by atoms with E-state index in [4.69, 9.17) is 5.11 Å². The van der Waals surface area contributed by atoms with Gasteiger partial charge in [0, 0.05) is 24.9 Å². The third kappa shape index (κ3) is 4.13.